The number of thioether (sulfide) groups is 1. The first-order valence-corrected chi connectivity index (χ1v) is 14.1. The summed E-state index contributed by atoms with van der Waals surface area (Å²) in [4.78, 5) is 18.3. The predicted octanol–water partition coefficient (Wildman–Crippen LogP) is 9.59. The molecule has 0 unspecified atom stereocenters. The first-order valence-electron chi connectivity index (χ1n) is 12.4. The molecule has 3 rings (SSSR count). The normalized spacial score (nSPS) is 17.8. The van der Waals surface area contributed by atoms with Crippen molar-refractivity contribution in [3.05, 3.63) is 78.0 Å². The molecule has 1 aliphatic carbocycles. The SMILES string of the molecule is CC(C)CC1=CC(=CC2=C(O)C(=Cc3cc(C(C)C)[s+]c(C(C)C)c3)C2=O)C=C(CC(C)C)S1. The molecule has 1 aromatic heterocycles. The minimum atomic E-state index is -0.0782. The number of aliphatic hydroxyl groups excluding tert-OH is 1. The van der Waals surface area contributed by atoms with Crippen LogP contribution in [0.5, 0.6) is 0 Å². The molecule has 0 bridgehead atoms. The highest BCUT2D eigenvalue weighted by Gasteiger charge is 2.33. The van der Waals surface area contributed by atoms with E-state index in [1.165, 1.54) is 19.6 Å². The molecule has 0 saturated heterocycles. The van der Waals surface area contributed by atoms with E-state index in [2.05, 4.69) is 79.7 Å². The van der Waals surface area contributed by atoms with Gasteiger partial charge in [0.1, 0.15) is 5.76 Å². The van der Waals surface area contributed by atoms with E-state index in [4.69, 9.17) is 0 Å². The fourth-order valence-corrected chi connectivity index (χ4v) is 6.69. The average Bonchev–Trinajstić information content (AvgIpc) is 2.74. The van der Waals surface area contributed by atoms with Gasteiger partial charge in [-0.15, -0.1) is 0 Å². The second-order valence-corrected chi connectivity index (χ2v) is 13.2. The lowest BCUT2D eigenvalue weighted by molar-refractivity contribution is -0.113. The molecule has 34 heavy (non-hydrogen) atoms. The first-order chi connectivity index (χ1) is 15.9. The Labute approximate surface area is 214 Å². The minimum absolute atomic E-state index is 0.0782. The van der Waals surface area contributed by atoms with Gasteiger partial charge in [0.2, 0.25) is 26.9 Å². The fraction of sp³-hybridized carbons (Fsp3) is 0.467. The summed E-state index contributed by atoms with van der Waals surface area (Å²) in [5.41, 5.74) is 2.82. The smallest absolute Gasteiger partial charge is 0.218 e. The van der Waals surface area contributed by atoms with Crippen molar-refractivity contribution in [2.24, 2.45) is 11.8 Å². The third-order valence-corrected chi connectivity index (χ3v) is 8.49. The highest BCUT2D eigenvalue weighted by atomic mass is 32.2. The standard InChI is InChI=1S/C30H38O2S2/c1-17(2)9-23-11-21(12-24(33-23)10-18(3)4)13-25-29(31)26(30(25)32)14-22-15-27(19(5)6)34-28(16-22)20(7)8/h11-20H,9-10H2,1-8H3/p+1. The number of hydrogen-bond donors (Lipinski definition) is 1. The number of aliphatic hydroxyl groups is 1. The van der Waals surface area contributed by atoms with Gasteiger partial charge in [0.15, 0.2) is 0 Å². The third kappa shape index (κ3) is 6.60. The van der Waals surface area contributed by atoms with E-state index in [0.29, 0.717) is 34.8 Å². The van der Waals surface area contributed by atoms with E-state index in [-0.39, 0.29) is 11.5 Å². The second-order valence-electron chi connectivity index (χ2n) is 10.8. The largest absolute Gasteiger partial charge is 0.506 e. The minimum Gasteiger partial charge on any atom is -0.506 e. The number of carbonyl (C=O) groups excluding carboxylic acids is 1. The molecule has 0 aromatic carbocycles. The summed E-state index contributed by atoms with van der Waals surface area (Å²) in [6.45, 7) is 17.7. The Hall–Kier alpha value is -1.91. The van der Waals surface area contributed by atoms with Crippen molar-refractivity contribution < 1.29 is 9.90 Å². The highest BCUT2D eigenvalue weighted by Crippen LogP contribution is 2.41. The maximum atomic E-state index is 13.0. The molecule has 1 aliphatic heterocycles. The van der Waals surface area contributed by atoms with Crippen LogP contribution in [-0.4, -0.2) is 10.9 Å². The Morgan fingerprint density at radius 2 is 1.35 bits per heavy atom. The van der Waals surface area contributed by atoms with Crippen molar-refractivity contribution >= 4 is 35.0 Å². The lowest BCUT2D eigenvalue weighted by Gasteiger charge is -2.22. The molecule has 2 nitrogen and oxygen atoms in total. The molecule has 0 amide bonds. The Kier molecular flexibility index (Phi) is 8.81. The van der Waals surface area contributed by atoms with Crippen molar-refractivity contribution in [2.75, 3.05) is 0 Å². The first kappa shape index (κ1) is 26.7. The van der Waals surface area contributed by atoms with Gasteiger partial charge < -0.3 is 5.11 Å². The topological polar surface area (TPSA) is 37.3 Å². The number of rotatable bonds is 8. The molecule has 2 aliphatic rings. The van der Waals surface area contributed by atoms with Crippen LogP contribution in [0.15, 0.2) is 62.6 Å². The summed E-state index contributed by atoms with van der Waals surface area (Å²) in [5, 5.41) is 10.8. The number of carbonyl (C=O) groups is 1. The van der Waals surface area contributed by atoms with Gasteiger partial charge in [0.25, 0.3) is 0 Å². The lowest BCUT2D eigenvalue weighted by Crippen LogP contribution is -2.21. The number of ketones is 1. The molecule has 0 fully saturated rings. The van der Waals surface area contributed by atoms with Crippen molar-refractivity contribution in [2.45, 2.75) is 80.1 Å². The van der Waals surface area contributed by atoms with Gasteiger partial charge in [-0.05, 0) is 69.9 Å². The molecular formula is C30H39O2S2+. The molecule has 2 heterocycles. The van der Waals surface area contributed by atoms with Crippen LogP contribution < -0.4 is 0 Å². The van der Waals surface area contributed by atoms with Gasteiger partial charge in [0.05, 0.1) is 11.1 Å². The molecule has 182 valence electrons. The van der Waals surface area contributed by atoms with Crippen molar-refractivity contribution in [1.82, 2.24) is 0 Å². The maximum Gasteiger partial charge on any atom is 0.218 e. The van der Waals surface area contributed by atoms with Gasteiger partial charge in [-0.2, -0.15) is 0 Å². The van der Waals surface area contributed by atoms with Crippen LogP contribution in [-0.2, 0) is 4.79 Å². The van der Waals surface area contributed by atoms with E-state index in [0.717, 1.165) is 24.0 Å². The van der Waals surface area contributed by atoms with E-state index in [9.17, 15) is 9.90 Å². The zero-order chi connectivity index (χ0) is 25.2. The summed E-state index contributed by atoms with van der Waals surface area (Å²) >= 11 is 3.69. The van der Waals surface area contributed by atoms with Crippen LogP contribution >= 0.6 is 23.1 Å². The molecule has 0 radical (unpaired) electrons. The summed E-state index contributed by atoms with van der Waals surface area (Å²) in [7, 11) is 0. The molecule has 0 saturated carbocycles. The number of Topliss-reactive ketones (excluding diaryl/α,β-unsaturated/α-hetero) is 1. The Morgan fingerprint density at radius 1 is 0.853 bits per heavy atom. The zero-order valence-corrected chi connectivity index (χ0v) is 23.5. The van der Waals surface area contributed by atoms with Crippen LogP contribution in [0.4, 0.5) is 0 Å². The predicted molar refractivity (Wildman–Crippen MR) is 150 cm³/mol. The Morgan fingerprint density at radius 3 is 1.76 bits per heavy atom. The summed E-state index contributed by atoms with van der Waals surface area (Å²) < 4.78 is 0. The zero-order valence-electron chi connectivity index (χ0n) is 21.9. The van der Waals surface area contributed by atoms with E-state index < -0.39 is 0 Å². The number of allylic oxidation sites excluding steroid dienone is 8. The van der Waals surface area contributed by atoms with Gasteiger partial charge in [0, 0.05) is 24.0 Å². The summed E-state index contributed by atoms with van der Waals surface area (Å²) in [6, 6.07) is 4.29. The molecule has 0 spiro atoms. The Balaban J connectivity index is 1.96. The Bertz CT molecular complexity index is 1050. The molecular weight excluding hydrogens is 456 g/mol. The lowest BCUT2D eigenvalue weighted by atomic mass is 9.85. The second kappa shape index (κ2) is 11.2. The molecule has 1 N–H and O–H groups in total. The third-order valence-electron chi connectivity index (χ3n) is 5.75. The average molecular weight is 496 g/mol. The number of hydrogen-bond acceptors (Lipinski definition) is 3. The van der Waals surface area contributed by atoms with E-state index >= 15 is 0 Å². The van der Waals surface area contributed by atoms with Crippen molar-refractivity contribution in [1.29, 1.82) is 0 Å². The van der Waals surface area contributed by atoms with Crippen LogP contribution in [0, 0.1) is 11.8 Å². The van der Waals surface area contributed by atoms with Crippen LogP contribution in [0.3, 0.4) is 0 Å². The van der Waals surface area contributed by atoms with Gasteiger partial charge in [-0.1, -0.05) is 67.2 Å². The van der Waals surface area contributed by atoms with E-state index in [1.807, 2.05) is 35.3 Å². The van der Waals surface area contributed by atoms with Gasteiger partial charge in [-0.3, -0.25) is 4.79 Å². The summed E-state index contributed by atoms with van der Waals surface area (Å²) in [6.07, 6.45) is 10.1. The maximum absolute atomic E-state index is 13.0. The van der Waals surface area contributed by atoms with Crippen LogP contribution in [0.2, 0.25) is 0 Å². The van der Waals surface area contributed by atoms with Gasteiger partial charge >= 0.3 is 0 Å². The van der Waals surface area contributed by atoms with Crippen LogP contribution in [0.25, 0.3) is 6.08 Å². The van der Waals surface area contributed by atoms with Crippen LogP contribution in [0.1, 0.15) is 95.4 Å². The van der Waals surface area contributed by atoms with Gasteiger partial charge in [-0.25, -0.2) is 0 Å². The highest BCUT2D eigenvalue weighted by molar-refractivity contribution is 8.06. The molecule has 4 heteroatoms. The molecule has 0 atom stereocenters. The molecule has 1 aromatic rings. The van der Waals surface area contributed by atoms with E-state index in [1.54, 1.807) is 0 Å². The van der Waals surface area contributed by atoms with Crippen molar-refractivity contribution in [3.8, 4) is 0 Å². The summed E-state index contributed by atoms with van der Waals surface area (Å²) in [5.74, 6) is 2.02. The monoisotopic (exact) mass is 495 g/mol. The quantitative estimate of drug-likeness (QED) is 0.288. The fourth-order valence-electron chi connectivity index (χ4n) is 3.99. The van der Waals surface area contributed by atoms with Crippen molar-refractivity contribution in [3.63, 3.8) is 0 Å².